The van der Waals surface area contributed by atoms with E-state index in [0.717, 1.165) is 18.8 Å². The van der Waals surface area contributed by atoms with Gasteiger partial charge in [-0.1, -0.05) is 43.5 Å². The van der Waals surface area contributed by atoms with Crippen molar-refractivity contribution in [1.29, 1.82) is 0 Å². The van der Waals surface area contributed by atoms with E-state index >= 15 is 0 Å². The van der Waals surface area contributed by atoms with Crippen LogP contribution in [-0.2, 0) is 13.0 Å². The van der Waals surface area contributed by atoms with Gasteiger partial charge in [0.15, 0.2) is 5.82 Å². The Labute approximate surface area is 125 Å². The highest BCUT2D eigenvalue weighted by Gasteiger charge is 2.26. The van der Waals surface area contributed by atoms with Gasteiger partial charge < -0.3 is 9.88 Å². The van der Waals surface area contributed by atoms with E-state index < -0.39 is 0 Å². The number of benzene rings is 1. The first-order valence-electron chi connectivity index (χ1n) is 8.11. The molecule has 1 aromatic heterocycles. The van der Waals surface area contributed by atoms with Crippen molar-refractivity contribution in [3.8, 4) is 0 Å². The van der Waals surface area contributed by atoms with Crippen LogP contribution in [0.1, 0.15) is 61.1 Å². The molecule has 1 aromatic carbocycles. The minimum absolute atomic E-state index is 0.296. The highest BCUT2D eigenvalue weighted by atomic mass is 15.3. The fourth-order valence-corrected chi connectivity index (χ4v) is 3.78. The van der Waals surface area contributed by atoms with Gasteiger partial charge >= 0.3 is 0 Å². The lowest BCUT2D eigenvalue weighted by Gasteiger charge is -2.29. The van der Waals surface area contributed by atoms with Crippen molar-refractivity contribution in [2.24, 2.45) is 0 Å². The Hall–Kier alpha value is -1.68. The van der Waals surface area contributed by atoms with Gasteiger partial charge in [0.05, 0.1) is 6.04 Å². The first-order valence-corrected chi connectivity index (χ1v) is 8.11. The number of hydrogen-bond donors (Lipinski definition) is 1. The third kappa shape index (κ3) is 2.48. The van der Waals surface area contributed by atoms with Crippen LogP contribution >= 0.6 is 0 Å². The number of hydrogen-bond acceptors (Lipinski definition) is 3. The lowest BCUT2D eigenvalue weighted by atomic mass is 9.93. The average molecular weight is 282 g/mol. The Morgan fingerprint density at radius 2 is 1.86 bits per heavy atom. The second kappa shape index (κ2) is 5.60. The van der Waals surface area contributed by atoms with Crippen molar-refractivity contribution in [2.45, 2.75) is 57.2 Å². The standard InChI is InChI=1S/C17H22N4/c1-2-8-15(9-3-1)21-12-19-20-17(21)16-10-13-6-4-5-7-14(13)11-18-16/h4-7,12,15-16,18H,1-3,8-11H2/t16-/m0/s1. The van der Waals surface area contributed by atoms with Crippen LogP contribution in [0.3, 0.4) is 0 Å². The van der Waals surface area contributed by atoms with E-state index in [4.69, 9.17) is 0 Å². The molecule has 4 nitrogen and oxygen atoms in total. The molecule has 0 amide bonds. The Bertz CT molecular complexity index is 613. The van der Waals surface area contributed by atoms with Gasteiger partial charge in [-0.05, 0) is 30.4 Å². The van der Waals surface area contributed by atoms with Crippen molar-refractivity contribution in [1.82, 2.24) is 20.1 Å². The summed E-state index contributed by atoms with van der Waals surface area (Å²) in [5.41, 5.74) is 2.86. The molecule has 0 spiro atoms. The predicted molar refractivity (Wildman–Crippen MR) is 81.9 cm³/mol. The van der Waals surface area contributed by atoms with E-state index in [0.29, 0.717) is 12.1 Å². The van der Waals surface area contributed by atoms with Gasteiger partial charge in [0.25, 0.3) is 0 Å². The predicted octanol–water partition coefficient (Wildman–Crippen LogP) is 3.17. The zero-order valence-electron chi connectivity index (χ0n) is 12.3. The maximum Gasteiger partial charge on any atom is 0.150 e. The zero-order valence-corrected chi connectivity index (χ0v) is 12.3. The molecule has 4 heteroatoms. The molecule has 1 atom stereocenters. The molecule has 2 aromatic rings. The van der Waals surface area contributed by atoms with E-state index in [1.54, 1.807) is 0 Å². The van der Waals surface area contributed by atoms with Gasteiger partial charge in [-0.25, -0.2) is 0 Å². The fourth-order valence-electron chi connectivity index (χ4n) is 3.78. The lowest BCUT2D eigenvalue weighted by molar-refractivity contribution is 0.330. The van der Waals surface area contributed by atoms with Crippen molar-refractivity contribution in [3.63, 3.8) is 0 Å². The number of nitrogens with one attached hydrogen (secondary N) is 1. The van der Waals surface area contributed by atoms with Gasteiger partial charge in [-0.3, -0.25) is 0 Å². The van der Waals surface area contributed by atoms with Crippen LogP contribution < -0.4 is 5.32 Å². The second-order valence-electron chi connectivity index (χ2n) is 6.29. The SMILES string of the molecule is c1ccc2c(c1)CN[C@H](c1nncn1C1CCCCC1)C2. The van der Waals surface area contributed by atoms with Gasteiger partial charge in [-0.15, -0.1) is 10.2 Å². The smallest absolute Gasteiger partial charge is 0.150 e. The molecule has 2 aliphatic rings. The molecule has 2 heterocycles. The largest absolute Gasteiger partial charge is 0.313 e. The first-order chi connectivity index (χ1) is 10.4. The quantitative estimate of drug-likeness (QED) is 0.920. The molecule has 1 fully saturated rings. The van der Waals surface area contributed by atoms with Crippen LogP contribution in [0.25, 0.3) is 0 Å². The summed E-state index contributed by atoms with van der Waals surface area (Å²) in [4.78, 5) is 0. The Balaban J connectivity index is 1.59. The van der Waals surface area contributed by atoms with Crippen LogP contribution in [0.15, 0.2) is 30.6 Å². The van der Waals surface area contributed by atoms with Gasteiger partial charge in [0.1, 0.15) is 6.33 Å². The molecule has 4 rings (SSSR count). The Morgan fingerprint density at radius 3 is 2.71 bits per heavy atom. The molecule has 110 valence electrons. The van der Waals surface area contributed by atoms with Crippen LogP contribution in [0.2, 0.25) is 0 Å². The molecule has 0 saturated heterocycles. The normalized spacial score (nSPS) is 23.0. The summed E-state index contributed by atoms with van der Waals surface area (Å²) >= 11 is 0. The fraction of sp³-hybridized carbons (Fsp3) is 0.529. The summed E-state index contributed by atoms with van der Waals surface area (Å²) in [5.74, 6) is 1.12. The third-order valence-electron chi connectivity index (χ3n) is 4.96. The van der Waals surface area contributed by atoms with E-state index in [-0.39, 0.29) is 0 Å². The molecule has 0 radical (unpaired) electrons. The Kier molecular flexibility index (Phi) is 3.47. The summed E-state index contributed by atoms with van der Waals surface area (Å²) in [5, 5.41) is 12.3. The zero-order chi connectivity index (χ0) is 14.1. The summed E-state index contributed by atoms with van der Waals surface area (Å²) in [6.07, 6.45) is 9.55. The minimum Gasteiger partial charge on any atom is -0.313 e. The summed E-state index contributed by atoms with van der Waals surface area (Å²) in [6, 6.07) is 9.60. The molecule has 21 heavy (non-hydrogen) atoms. The Morgan fingerprint density at radius 1 is 1.05 bits per heavy atom. The van der Waals surface area contributed by atoms with Crippen LogP contribution in [0, 0.1) is 0 Å². The van der Waals surface area contributed by atoms with E-state index in [1.165, 1.54) is 43.2 Å². The van der Waals surface area contributed by atoms with Gasteiger partial charge in [0.2, 0.25) is 0 Å². The van der Waals surface area contributed by atoms with E-state index in [2.05, 4.69) is 44.3 Å². The van der Waals surface area contributed by atoms with Gasteiger partial charge in [0, 0.05) is 12.6 Å². The molecule has 0 unspecified atom stereocenters. The van der Waals surface area contributed by atoms with Crippen molar-refractivity contribution < 1.29 is 0 Å². The number of nitrogens with zero attached hydrogens (tertiary/aromatic N) is 3. The summed E-state index contributed by atoms with van der Waals surface area (Å²) in [6.45, 7) is 0.929. The van der Waals surface area contributed by atoms with E-state index in [1.807, 2.05) is 6.33 Å². The molecular formula is C17H22N4. The van der Waals surface area contributed by atoms with Crippen molar-refractivity contribution in [3.05, 3.63) is 47.5 Å². The maximum atomic E-state index is 4.44. The van der Waals surface area contributed by atoms with Crippen LogP contribution in [0.5, 0.6) is 0 Å². The maximum absolute atomic E-state index is 4.44. The summed E-state index contributed by atoms with van der Waals surface area (Å²) < 4.78 is 2.34. The van der Waals surface area contributed by atoms with Crippen molar-refractivity contribution in [2.75, 3.05) is 0 Å². The molecule has 1 saturated carbocycles. The van der Waals surface area contributed by atoms with Gasteiger partial charge in [-0.2, -0.15) is 0 Å². The van der Waals surface area contributed by atoms with E-state index in [9.17, 15) is 0 Å². The number of rotatable bonds is 2. The van der Waals surface area contributed by atoms with Crippen LogP contribution in [0.4, 0.5) is 0 Å². The molecule has 1 N–H and O–H groups in total. The van der Waals surface area contributed by atoms with Crippen molar-refractivity contribution >= 4 is 0 Å². The highest BCUT2D eigenvalue weighted by Crippen LogP contribution is 2.32. The molecular weight excluding hydrogens is 260 g/mol. The topological polar surface area (TPSA) is 42.7 Å². The third-order valence-corrected chi connectivity index (χ3v) is 4.96. The first kappa shape index (κ1) is 13.0. The van der Waals surface area contributed by atoms with Crippen LogP contribution in [-0.4, -0.2) is 14.8 Å². The molecule has 1 aliphatic carbocycles. The minimum atomic E-state index is 0.296. The molecule has 0 bridgehead atoms. The number of fused-ring (bicyclic) bond motifs is 1. The highest BCUT2D eigenvalue weighted by molar-refractivity contribution is 5.30. The second-order valence-corrected chi connectivity index (χ2v) is 6.29. The lowest BCUT2D eigenvalue weighted by Crippen LogP contribution is -2.31. The average Bonchev–Trinajstić information content (AvgIpc) is 3.05. The monoisotopic (exact) mass is 282 g/mol. The number of aromatic nitrogens is 3. The molecule has 1 aliphatic heterocycles. The summed E-state index contributed by atoms with van der Waals surface area (Å²) in [7, 11) is 0.